The molecule has 0 unspecified atom stereocenters. The molecular formula is C8H7N5O3. The monoisotopic (exact) mass is 221 g/mol. The number of aliphatic carboxylic acids is 1. The first-order valence-electron chi connectivity index (χ1n) is 4.34. The molecular weight excluding hydrogens is 214 g/mol. The lowest BCUT2D eigenvalue weighted by atomic mass is 10.3. The van der Waals surface area contributed by atoms with Gasteiger partial charge in [-0.05, 0) is 16.5 Å². The second kappa shape index (κ2) is 3.93. The van der Waals surface area contributed by atoms with Gasteiger partial charge in [-0.2, -0.15) is 0 Å². The van der Waals surface area contributed by atoms with E-state index in [-0.39, 0.29) is 17.9 Å². The van der Waals surface area contributed by atoms with Crippen molar-refractivity contribution in [3.63, 3.8) is 0 Å². The van der Waals surface area contributed by atoms with Crippen LogP contribution in [0.1, 0.15) is 0 Å². The SMILES string of the molecule is O=C(O)Cn1nnnc1-c1cccc(=O)[nH]1. The molecule has 16 heavy (non-hydrogen) atoms. The molecule has 0 fully saturated rings. The average molecular weight is 221 g/mol. The van der Waals surface area contributed by atoms with Gasteiger partial charge in [0.15, 0.2) is 5.82 Å². The number of aromatic nitrogens is 5. The first-order valence-corrected chi connectivity index (χ1v) is 4.34. The Morgan fingerprint density at radius 3 is 3.00 bits per heavy atom. The second-order valence-electron chi connectivity index (χ2n) is 2.98. The molecule has 0 aliphatic heterocycles. The number of aromatic amines is 1. The number of rotatable bonds is 3. The molecule has 0 amide bonds. The van der Waals surface area contributed by atoms with Crippen LogP contribution in [0, 0.1) is 0 Å². The van der Waals surface area contributed by atoms with Crippen molar-refractivity contribution < 1.29 is 9.90 Å². The highest BCUT2D eigenvalue weighted by Gasteiger charge is 2.11. The molecule has 0 aromatic carbocycles. The number of carboxylic acid groups (broad SMARTS) is 1. The van der Waals surface area contributed by atoms with E-state index in [1.165, 1.54) is 12.1 Å². The maximum Gasteiger partial charge on any atom is 0.325 e. The van der Waals surface area contributed by atoms with Crippen molar-refractivity contribution in [2.24, 2.45) is 0 Å². The Morgan fingerprint density at radius 2 is 2.31 bits per heavy atom. The number of carboxylic acids is 1. The number of hydrogen-bond donors (Lipinski definition) is 2. The molecule has 2 N–H and O–H groups in total. The van der Waals surface area contributed by atoms with E-state index < -0.39 is 5.97 Å². The quantitative estimate of drug-likeness (QED) is 0.695. The van der Waals surface area contributed by atoms with Gasteiger partial charge in [0, 0.05) is 6.07 Å². The highest BCUT2D eigenvalue weighted by molar-refractivity contribution is 5.67. The molecule has 2 aromatic heterocycles. The molecule has 8 heteroatoms. The van der Waals surface area contributed by atoms with Gasteiger partial charge in [-0.25, -0.2) is 4.68 Å². The van der Waals surface area contributed by atoms with Gasteiger partial charge in [0.05, 0.1) is 5.69 Å². The summed E-state index contributed by atoms with van der Waals surface area (Å²) in [6.45, 7) is -0.362. The van der Waals surface area contributed by atoms with Gasteiger partial charge in [0.25, 0.3) is 0 Å². The van der Waals surface area contributed by atoms with E-state index in [0.29, 0.717) is 5.69 Å². The lowest BCUT2D eigenvalue weighted by Gasteiger charge is -2.00. The van der Waals surface area contributed by atoms with Crippen molar-refractivity contribution in [1.82, 2.24) is 25.2 Å². The maximum absolute atomic E-state index is 11.1. The minimum absolute atomic E-state index is 0.208. The lowest BCUT2D eigenvalue weighted by Crippen LogP contribution is -2.13. The van der Waals surface area contributed by atoms with Gasteiger partial charge in [0.1, 0.15) is 6.54 Å². The predicted molar refractivity (Wildman–Crippen MR) is 51.5 cm³/mol. The summed E-state index contributed by atoms with van der Waals surface area (Å²) in [5.74, 6) is -0.855. The number of nitrogens with zero attached hydrogens (tertiary/aromatic N) is 4. The number of tetrazole rings is 1. The first kappa shape index (κ1) is 10.0. The van der Waals surface area contributed by atoms with Crippen LogP contribution < -0.4 is 5.56 Å². The molecule has 0 atom stereocenters. The van der Waals surface area contributed by atoms with Gasteiger partial charge >= 0.3 is 5.97 Å². The summed E-state index contributed by atoms with van der Waals surface area (Å²) in [6, 6.07) is 4.47. The van der Waals surface area contributed by atoms with Crippen LogP contribution in [-0.2, 0) is 11.3 Å². The van der Waals surface area contributed by atoms with Crippen LogP contribution in [-0.4, -0.2) is 36.3 Å². The average Bonchev–Trinajstić information content (AvgIpc) is 2.65. The van der Waals surface area contributed by atoms with Crippen molar-refractivity contribution in [3.05, 3.63) is 28.6 Å². The van der Waals surface area contributed by atoms with E-state index in [4.69, 9.17) is 5.11 Å². The molecule has 82 valence electrons. The molecule has 2 heterocycles. The molecule has 0 spiro atoms. The van der Waals surface area contributed by atoms with Gasteiger partial charge in [-0.15, -0.1) is 5.10 Å². The number of pyridine rings is 1. The smallest absolute Gasteiger partial charge is 0.325 e. The molecule has 0 saturated carbocycles. The Morgan fingerprint density at radius 1 is 1.50 bits per heavy atom. The Hall–Kier alpha value is -2.51. The highest BCUT2D eigenvalue weighted by atomic mass is 16.4. The fourth-order valence-electron chi connectivity index (χ4n) is 1.21. The minimum Gasteiger partial charge on any atom is -0.480 e. The van der Waals surface area contributed by atoms with Gasteiger partial charge < -0.3 is 10.1 Å². The lowest BCUT2D eigenvalue weighted by molar-refractivity contribution is -0.137. The second-order valence-corrected chi connectivity index (χ2v) is 2.98. The van der Waals surface area contributed by atoms with E-state index in [9.17, 15) is 9.59 Å². The van der Waals surface area contributed by atoms with Crippen molar-refractivity contribution in [1.29, 1.82) is 0 Å². The molecule has 0 bridgehead atoms. The summed E-state index contributed by atoms with van der Waals surface area (Å²) in [6.07, 6.45) is 0. The summed E-state index contributed by atoms with van der Waals surface area (Å²) in [4.78, 5) is 24.1. The van der Waals surface area contributed by atoms with Crippen LogP contribution in [0.4, 0.5) is 0 Å². The standard InChI is InChI=1S/C8H7N5O3/c14-6-3-1-2-5(9-6)8-10-11-12-13(8)4-7(15)16/h1-3H,4H2,(H,9,14)(H,15,16). The van der Waals surface area contributed by atoms with Gasteiger partial charge in [-0.1, -0.05) is 6.07 Å². The van der Waals surface area contributed by atoms with E-state index in [1.54, 1.807) is 6.07 Å². The van der Waals surface area contributed by atoms with Crippen LogP contribution in [0.5, 0.6) is 0 Å². The van der Waals surface area contributed by atoms with E-state index >= 15 is 0 Å². The number of carbonyl (C=O) groups is 1. The van der Waals surface area contributed by atoms with Gasteiger partial charge in [-0.3, -0.25) is 9.59 Å². The van der Waals surface area contributed by atoms with Crippen LogP contribution in [0.3, 0.4) is 0 Å². The zero-order valence-corrected chi connectivity index (χ0v) is 7.99. The summed E-state index contributed by atoms with van der Waals surface area (Å²) in [5, 5.41) is 19.1. The van der Waals surface area contributed by atoms with Crippen LogP contribution in [0.25, 0.3) is 11.5 Å². The predicted octanol–water partition coefficient (Wildman–Crippen LogP) is -0.887. The molecule has 0 aliphatic carbocycles. The zero-order chi connectivity index (χ0) is 11.5. The Balaban J connectivity index is 2.44. The number of hydrogen-bond acceptors (Lipinski definition) is 5. The third kappa shape index (κ3) is 1.95. The molecule has 0 radical (unpaired) electrons. The van der Waals surface area contributed by atoms with E-state index in [1.807, 2.05) is 0 Å². The van der Waals surface area contributed by atoms with Crippen LogP contribution in [0.2, 0.25) is 0 Å². The molecule has 8 nitrogen and oxygen atoms in total. The Labute approximate surface area is 88.5 Å². The Bertz CT molecular complexity index is 573. The van der Waals surface area contributed by atoms with Crippen molar-refractivity contribution in [2.45, 2.75) is 6.54 Å². The molecule has 0 aliphatic rings. The summed E-state index contributed by atoms with van der Waals surface area (Å²) >= 11 is 0. The van der Waals surface area contributed by atoms with Crippen LogP contribution >= 0.6 is 0 Å². The summed E-state index contributed by atoms with van der Waals surface area (Å²) in [5.41, 5.74) is 0.0705. The Kier molecular flexibility index (Phi) is 2.46. The van der Waals surface area contributed by atoms with Crippen molar-refractivity contribution in [2.75, 3.05) is 0 Å². The third-order valence-corrected chi connectivity index (χ3v) is 1.83. The zero-order valence-electron chi connectivity index (χ0n) is 7.99. The topological polar surface area (TPSA) is 114 Å². The number of H-pyrrole nitrogens is 1. The van der Waals surface area contributed by atoms with E-state index in [2.05, 4.69) is 20.5 Å². The molecule has 2 rings (SSSR count). The summed E-state index contributed by atoms with van der Waals surface area (Å²) in [7, 11) is 0. The molecule has 0 saturated heterocycles. The fraction of sp³-hybridized carbons (Fsp3) is 0.125. The number of nitrogens with one attached hydrogen (secondary N) is 1. The summed E-state index contributed by atoms with van der Waals surface area (Å²) < 4.78 is 1.09. The normalized spacial score (nSPS) is 10.2. The van der Waals surface area contributed by atoms with Gasteiger partial charge in [0.2, 0.25) is 5.56 Å². The largest absolute Gasteiger partial charge is 0.480 e. The van der Waals surface area contributed by atoms with Crippen molar-refractivity contribution in [3.8, 4) is 11.5 Å². The minimum atomic E-state index is -1.06. The van der Waals surface area contributed by atoms with Crippen molar-refractivity contribution >= 4 is 5.97 Å². The third-order valence-electron chi connectivity index (χ3n) is 1.83. The fourth-order valence-corrected chi connectivity index (χ4v) is 1.21. The molecule has 2 aromatic rings. The van der Waals surface area contributed by atoms with Crippen LogP contribution in [0.15, 0.2) is 23.0 Å². The van der Waals surface area contributed by atoms with E-state index in [0.717, 1.165) is 4.68 Å². The maximum atomic E-state index is 11.1. The highest BCUT2D eigenvalue weighted by Crippen LogP contribution is 2.09. The first-order chi connectivity index (χ1) is 7.66.